The lowest BCUT2D eigenvalue weighted by Gasteiger charge is -2.24. The maximum Gasteiger partial charge on any atom is 0.318 e. The predicted octanol–water partition coefficient (Wildman–Crippen LogP) is -1.56. The van der Waals surface area contributed by atoms with Crippen LogP contribution in [0.25, 0.3) is 0 Å². The average molecular weight is 289 g/mol. The Bertz CT molecular complexity index is 327. The number of hydrogen-bond donors (Lipinski definition) is 1. The highest BCUT2D eigenvalue weighted by Gasteiger charge is 2.28. The van der Waals surface area contributed by atoms with Crippen LogP contribution in [0, 0.1) is 0 Å². The SMILES string of the molecule is COCCN(CCOC)C(=O)C(=O)N(CCN)C(C)=O. The van der Waals surface area contributed by atoms with Gasteiger partial charge in [0.05, 0.1) is 13.2 Å². The molecule has 0 aliphatic heterocycles. The van der Waals surface area contributed by atoms with Crippen molar-refractivity contribution in [2.24, 2.45) is 5.73 Å². The van der Waals surface area contributed by atoms with Crippen LogP contribution in [0.5, 0.6) is 0 Å². The number of carbonyl (C=O) groups excluding carboxylic acids is 3. The van der Waals surface area contributed by atoms with E-state index in [9.17, 15) is 14.4 Å². The van der Waals surface area contributed by atoms with Crippen LogP contribution in [-0.4, -0.2) is 81.1 Å². The van der Waals surface area contributed by atoms with Crippen LogP contribution < -0.4 is 5.73 Å². The highest BCUT2D eigenvalue weighted by molar-refractivity contribution is 6.37. The molecule has 8 heteroatoms. The molecule has 0 aliphatic rings. The van der Waals surface area contributed by atoms with Crippen LogP contribution in [0.4, 0.5) is 0 Å². The van der Waals surface area contributed by atoms with E-state index in [1.165, 1.54) is 26.0 Å². The number of hydrogen-bond acceptors (Lipinski definition) is 6. The molecule has 0 aromatic heterocycles. The monoisotopic (exact) mass is 289 g/mol. The van der Waals surface area contributed by atoms with Crippen molar-refractivity contribution in [1.29, 1.82) is 0 Å². The van der Waals surface area contributed by atoms with Gasteiger partial charge in [0.25, 0.3) is 0 Å². The minimum absolute atomic E-state index is 0.0162. The fourth-order valence-electron chi connectivity index (χ4n) is 1.50. The number of nitrogens with zero attached hydrogens (tertiary/aromatic N) is 2. The van der Waals surface area contributed by atoms with Gasteiger partial charge in [-0.1, -0.05) is 0 Å². The standard InChI is InChI=1S/C12H23N3O5/c1-10(16)15(5-4-13)12(18)11(17)14(6-8-19-2)7-9-20-3/h4-9,13H2,1-3H3. The van der Waals surface area contributed by atoms with Gasteiger partial charge in [0.1, 0.15) is 0 Å². The highest BCUT2D eigenvalue weighted by atomic mass is 16.5. The third-order valence-electron chi connectivity index (χ3n) is 2.58. The third-order valence-corrected chi connectivity index (χ3v) is 2.58. The number of rotatable bonds is 8. The van der Waals surface area contributed by atoms with E-state index in [1.807, 2.05) is 0 Å². The van der Waals surface area contributed by atoms with Crippen LogP contribution in [-0.2, 0) is 23.9 Å². The zero-order valence-electron chi connectivity index (χ0n) is 12.3. The topological polar surface area (TPSA) is 102 Å². The quantitative estimate of drug-likeness (QED) is 0.542. The zero-order chi connectivity index (χ0) is 15.5. The third kappa shape index (κ3) is 6.09. The maximum absolute atomic E-state index is 12.1. The second kappa shape index (κ2) is 10.3. The summed E-state index contributed by atoms with van der Waals surface area (Å²) in [6.07, 6.45) is 0. The van der Waals surface area contributed by atoms with Crippen molar-refractivity contribution in [3.05, 3.63) is 0 Å². The molecule has 0 atom stereocenters. The summed E-state index contributed by atoms with van der Waals surface area (Å²) in [5.74, 6) is -2.15. The number of ether oxygens (including phenoxy) is 2. The molecule has 0 fully saturated rings. The van der Waals surface area contributed by atoms with Crippen LogP contribution in [0.3, 0.4) is 0 Å². The summed E-state index contributed by atoms with van der Waals surface area (Å²) in [6, 6.07) is 0. The fraction of sp³-hybridized carbons (Fsp3) is 0.750. The van der Waals surface area contributed by atoms with Crippen molar-refractivity contribution in [3.63, 3.8) is 0 Å². The van der Waals surface area contributed by atoms with Gasteiger partial charge in [0.15, 0.2) is 0 Å². The first-order valence-electron chi connectivity index (χ1n) is 6.28. The van der Waals surface area contributed by atoms with E-state index < -0.39 is 17.7 Å². The first-order chi connectivity index (χ1) is 9.49. The number of amides is 3. The molecular weight excluding hydrogens is 266 g/mol. The molecule has 0 heterocycles. The van der Waals surface area contributed by atoms with Gasteiger partial charge >= 0.3 is 11.8 Å². The Labute approximate surface area is 118 Å². The molecule has 0 rings (SSSR count). The van der Waals surface area contributed by atoms with Crippen molar-refractivity contribution < 1.29 is 23.9 Å². The first kappa shape index (κ1) is 18.5. The summed E-state index contributed by atoms with van der Waals surface area (Å²) in [5, 5.41) is 0. The fourth-order valence-corrected chi connectivity index (χ4v) is 1.50. The lowest BCUT2D eigenvalue weighted by atomic mass is 10.3. The molecule has 0 radical (unpaired) electrons. The molecule has 0 saturated carbocycles. The van der Waals surface area contributed by atoms with E-state index in [1.54, 1.807) is 0 Å². The van der Waals surface area contributed by atoms with E-state index in [0.29, 0.717) is 13.2 Å². The van der Waals surface area contributed by atoms with Gasteiger partial charge in [0, 0.05) is 47.3 Å². The minimum Gasteiger partial charge on any atom is -0.383 e. The molecule has 0 saturated heterocycles. The van der Waals surface area contributed by atoms with Crippen molar-refractivity contribution >= 4 is 17.7 Å². The summed E-state index contributed by atoms with van der Waals surface area (Å²) in [7, 11) is 2.99. The Morgan fingerprint density at radius 3 is 1.80 bits per heavy atom. The molecule has 2 N–H and O–H groups in total. The smallest absolute Gasteiger partial charge is 0.318 e. The van der Waals surface area contributed by atoms with Gasteiger partial charge in [0.2, 0.25) is 5.91 Å². The van der Waals surface area contributed by atoms with Crippen molar-refractivity contribution in [1.82, 2.24) is 9.80 Å². The first-order valence-corrected chi connectivity index (χ1v) is 6.28. The Hall–Kier alpha value is -1.51. The molecule has 0 aromatic rings. The molecule has 116 valence electrons. The lowest BCUT2D eigenvalue weighted by molar-refractivity contribution is -0.156. The summed E-state index contributed by atoms with van der Waals surface area (Å²) >= 11 is 0. The van der Waals surface area contributed by atoms with Gasteiger partial charge in [-0.05, 0) is 0 Å². The van der Waals surface area contributed by atoms with Crippen LogP contribution in [0.1, 0.15) is 6.92 Å². The molecule has 3 amide bonds. The van der Waals surface area contributed by atoms with Gasteiger partial charge in [-0.3, -0.25) is 19.3 Å². The van der Waals surface area contributed by atoms with Gasteiger partial charge in [-0.2, -0.15) is 0 Å². The van der Waals surface area contributed by atoms with E-state index in [2.05, 4.69) is 0 Å². The molecular formula is C12H23N3O5. The van der Waals surface area contributed by atoms with Crippen molar-refractivity contribution in [2.75, 3.05) is 53.6 Å². The second-order valence-electron chi connectivity index (χ2n) is 4.04. The second-order valence-corrected chi connectivity index (χ2v) is 4.04. The summed E-state index contributed by atoms with van der Waals surface area (Å²) in [5.41, 5.74) is 5.33. The van der Waals surface area contributed by atoms with Crippen molar-refractivity contribution in [2.45, 2.75) is 6.92 Å². The Balaban J connectivity index is 4.82. The van der Waals surface area contributed by atoms with Crippen LogP contribution in [0.2, 0.25) is 0 Å². The summed E-state index contributed by atoms with van der Waals surface area (Å²) in [4.78, 5) is 37.6. The Kier molecular flexibility index (Phi) is 9.52. The van der Waals surface area contributed by atoms with Crippen LogP contribution >= 0.6 is 0 Å². The molecule has 8 nitrogen and oxygen atoms in total. The van der Waals surface area contributed by atoms with E-state index >= 15 is 0 Å². The maximum atomic E-state index is 12.1. The molecule has 0 bridgehead atoms. The number of carbonyl (C=O) groups is 3. The summed E-state index contributed by atoms with van der Waals surface area (Å²) < 4.78 is 9.78. The van der Waals surface area contributed by atoms with Gasteiger partial charge in [-0.25, -0.2) is 0 Å². The average Bonchev–Trinajstić information content (AvgIpc) is 2.43. The highest BCUT2D eigenvalue weighted by Crippen LogP contribution is 1.98. The molecule has 0 spiro atoms. The lowest BCUT2D eigenvalue weighted by Crippen LogP contribution is -2.50. The molecule has 0 unspecified atom stereocenters. The van der Waals surface area contributed by atoms with Crippen molar-refractivity contribution in [3.8, 4) is 0 Å². The predicted molar refractivity (Wildman–Crippen MR) is 71.8 cm³/mol. The van der Waals surface area contributed by atoms with Gasteiger partial charge < -0.3 is 20.1 Å². The number of imide groups is 1. The van der Waals surface area contributed by atoms with Gasteiger partial charge in [-0.15, -0.1) is 0 Å². The number of methoxy groups -OCH3 is 2. The Morgan fingerprint density at radius 2 is 1.45 bits per heavy atom. The number of nitrogens with two attached hydrogens (primary N) is 1. The largest absolute Gasteiger partial charge is 0.383 e. The zero-order valence-corrected chi connectivity index (χ0v) is 12.3. The minimum atomic E-state index is -0.879. The molecule has 20 heavy (non-hydrogen) atoms. The normalized spacial score (nSPS) is 10.2. The van der Waals surface area contributed by atoms with E-state index in [4.69, 9.17) is 15.2 Å². The summed E-state index contributed by atoms with van der Waals surface area (Å²) in [6.45, 7) is 2.42. The van der Waals surface area contributed by atoms with E-state index in [0.717, 1.165) is 4.90 Å². The van der Waals surface area contributed by atoms with Crippen LogP contribution in [0.15, 0.2) is 0 Å². The molecule has 0 aromatic carbocycles. The van der Waals surface area contributed by atoms with E-state index in [-0.39, 0.29) is 26.2 Å². The Morgan fingerprint density at radius 1 is 0.950 bits per heavy atom. The molecule has 0 aliphatic carbocycles.